The van der Waals surface area contributed by atoms with Crippen LogP contribution in [0.1, 0.15) is 94.9 Å². The Hall–Kier alpha value is -1.30. The van der Waals surface area contributed by atoms with Crippen LogP contribution in [0.2, 0.25) is 0 Å². The van der Waals surface area contributed by atoms with Gasteiger partial charge in [0, 0.05) is 0 Å². The summed E-state index contributed by atoms with van der Waals surface area (Å²) in [4.78, 5) is 0. The molecular weight excluding hydrogens is 300 g/mol. The first kappa shape index (κ1) is 25.9. The SMILES string of the molecule is CC.CC.CC/C=C(C)/C=C/C=C(C)\C=C\C1=C(C)CCCC1(C)C. The molecule has 0 radical (unpaired) electrons. The van der Waals surface area contributed by atoms with Crippen LogP contribution < -0.4 is 0 Å². The smallest absolute Gasteiger partial charge is 0.0104 e. The lowest BCUT2D eigenvalue weighted by Crippen LogP contribution is -2.19. The minimum atomic E-state index is 0.329. The van der Waals surface area contributed by atoms with Gasteiger partial charge in [-0.25, -0.2) is 0 Å². The van der Waals surface area contributed by atoms with E-state index >= 15 is 0 Å². The summed E-state index contributed by atoms with van der Waals surface area (Å²) in [6.45, 7) is 21.5. The van der Waals surface area contributed by atoms with Crippen molar-refractivity contribution < 1.29 is 0 Å². The van der Waals surface area contributed by atoms with Crippen LogP contribution >= 0.6 is 0 Å². The molecule has 0 heteroatoms. The molecule has 1 aliphatic carbocycles. The summed E-state index contributed by atoms with van der Waals surface area (Å²) in [7, 11) is 0. The van der Waals surface area contributed by atoms with Crippen molar-refractivity contribution >= 4 is 0 Å². The monoisotopic (exact) mass is 344 g/mol. The molecule has 0 nitrogen and oxygen atoms in total. The zero-order valence-corrected chi connectivity index (χ0v) is 18.8. The summed E-state index contributed by atoms with van der Waals surface area (Å²) in [5.74, 6) is 0. The first-order valence-electron chi connectivity index (χ1n) is 10.3. The summed E-state index contributed by atoms with van der Waals surface area (Å²) < 4.78 is 0. The van der Waals surface area contributed by atoms with Crippen LogP contribution in [0.5, 0.6) is 0 Å². The van der Waals surface area contributed by atoms with E-state index in [-0.39, 0.29) is 0 Å². The molecule has 0 saturated heterocycles. The Morgan fingerprint density at radius 1 is 1.00 bits per heavy atom. The quantitative estimate of drug-likeness (QED) is 0.436. The Bertz CT molecular complexity index is 490. The molecule has 0 heterocycles. The standard InChI is InChI=1S/C21H32.2C2H6/c1-7-10-17(2)11-8-12-18(3)14-15-20-19(4)13-9-16-21(20,5)6;2*1-2/h8,10-12,14-15H,7,9,13,16H2,1-6H3;2*1-2H3/b11-8+,15-14+,17-10+,18-12-;;. The topological polar surface area (TPSA) is 0 Å². The molecule has 0 amide bonds. The van der Waals surface area contributed by atoms with Crippen LogP contribution in [0.4, 0.5) is 0 Å². The molecule has 0 N–H and O–H groups in total. The summed E-state index contributed by atoms with van der Waals surface area (Å²) in [5.41, 5.74) is 6.06. The third kappa shape index (κ3) is 11.0. The van der Waals surface area contributed by atoms with E-state index < -0.39 is 0 Å². The van der Waals surface area contributed by atoms with Gasteiger partial charge in [0.25, 0.3) is 0 Å². The minimum Gasteiger partial charge on any atom is -0.0819 e. The predicted octanol–water partition coefficient (Wildman–Crippen LogP) is 8.98. The number of hydrogen-bond donors (Lipinski definition) is 0. The van der Waals surface area contributed by atoms with E-state index in [1.54, 1.807) is 5.57 Å². The number of rotatable bonds is 5. The largest absolute Gasteiger partial charge is 0.0819 e. The van der Waals surface area contributed by atoms with Crippen molar-refractivity contribution in [2.45, 2.75) is 94.9 Å². The Morgan fingerprint density at radius 2 is 1.60 bits per heavy atom. The molecule has 1 aliphatic rings. The van der Waals surface area contributed by atoms with Crippen LogP contribution in [0.3, 0.4) is 0 Å². The molecule has 144 valence electrons. The lowest BCUT2D eigenvalue weighted by Gasteiger charge is -2.32. The van der Waals surface area contributed by atoms with Crippen LogP contribution in [0.15, 0.2) is 58.7 Å². The average molecular weight is 345 g/mol. The van der Waals surface area contributed by atoms with Crippen molar-refractivity contribution in [2.75, 3.05) is 0 Å². The minimum absolute atomic E-state index is 0.329. The highest BCUT2D eigenvalue weighted by Gasteiger charge is 2.26. The number of hydrogen-bond acceptors (Lipinski definition) is 0. The third-order valence-electron chi connectivity index (χ3n) is 4.30. The molecule has 25 heavy (non-hydrogen) atoms. The maximum Gasteiger partial charge on any atom is -0.0104 e. The maximum atomic E-state index is 2.37. The second-order valence-electron chi connectivity index (χ2n) is 6.89. The van der Waals surface area contributed by atoms with Crippen LogP contribution in [0.25, 0.3) is 0 Å². The zero-order valence-electron chi connectivity index (χ0n) is 18.8. The molecular formula is C25H44. The molecule has 1 rings (SSSR count). The summed E-state index contributed by atoms with van der Waals surface area (Å²) in [6, 6.07) is 0. The Morgan fingerprint density at radius 3 is 2.12 bits per heavy atom. The highest BCUT2D eigenvalue weighted by molar-refractivity contribution is 5.37. The molecule has 0 atom stereocenters. The van der Waals surface area contributed by atoms with E-state index in [9.17, 15) is 0 Å². The van der Waals surface area contributed by atoms with Crippen molar-refractivity contribution in [3.05, 3.63) is 58.7 Å². The maximum absolute atomic E-state index is 2.37. The Labute approximate surface area is 159 Å². The molecule has 0 aliphatic heterocycles. The first-order chi connectivity index (χ1) is 11.9. The molecule has 0 fully saturated rings. The van der Waals surface area contributed by atoms with Crippen LogP contribution in [0, 0.1) is 5.41 Å². The van der Waals surface area contributed by atoms with Crippen molar-refractivity contribution in [1.82, 2.24) is 0 Å². The van der Waals surface area contributed by atoms with Crippen molar-refractivity contribution in [2.24, 2.45) is 5.41 Å². The van der Waals surface area contributed by atoms with Gasteiger partial charge in [0.15, 0.2) is 0 Å². The Kier molecular flexibility index (Phi) is 15.6. The second kappa shape index (κ2) is 15.0. The van der Waals surface area contributed by atoms with Crippen LogP contribution in [-0.2, 0) is 0 Å². The lowest BCUT2D eigenvalue weighted by atomic mass is 9.72. The van der Waals surface area contributed by atoms with Gasteiger partial charge in [0.2, 0.25) is 0 Å². The molecule has 0 bridgehead atoms. The van der Waals surface area contributed by atoms with Crippen molar-refractivity contribution in [3.8, 4) is 0 Å². The molecule has 0 spiro atoms. The van der Waals surface area contributed by atoms with Gasteiger partial charge in [0.1, 0.15) is 0 Å². The van der Waals surface area contributed by atoms with Crippen molar-refractivity contribution in [1.29, 1.82) is 0 Å². The molecule has 0 aromatic carbocycles. The van der Waals surface area contributed by atoms with E-state index in [2.05, 4.69) is 78.0 Å². The molecule has 0 saturated carbocycles. The van der Waals surface area contributed by atoms with Gasteiger partial charge < -0.3 is 0 Å². The van der Waals surface area contributed by atoms with Gasteiger partial charge in [-0.05, 0) is 57.4 Å². The van der Waals surface area contributed by atoms with Gasteiger partial charge in [-0.2, -0.15) is 0 Å². The fourth-order valence-electron chi connectivity index (χ4n) is 3.02. The van der Waals surface area contributed by atoms with Gasteiger partial charge in [0.05, 0.1) is 0 Å². The summed E-state index contributed by atoms with van der Waals surface area (Å²) >= 11 is 0. The molecule has 0 aromatic heterocycles. The molecule has 0 unspecified atom stereocenters. The zero-order chi connectivity index (χ0) is 19.9. The van der Waals surface area contributed by atoms with Gasteiger partial charge >= 0.3 is 0 Å². The van der Waals surface area contributed by atoms with E-state index in [0.717, 1.165) is 6.42 Å². The lowest BCUT2D eigenvalue weighted by molar-refractivity contribution is 0.377. The van der Waals surface area contributed by atoms with E-state index in [4.69, 9.17) is 0 Å². The average Bonchev–Trinajstić information content (AvgIpc) is 2.57. The van der Waals surface area contributed by atoms with Gasteiger partial charge in [-0.15, -0.1) is 0 Å². The summed E-state index contributed by atoms with van der Waals surface area (Å²) in [5, 5.41) is 0. The van der Waals surface area contributed by atoms with Gasteiger partial charge in [-0.3, -0.25) is 0 Å². The first-order valence-corrected chi connectivity index (χ1v) is 10.3. The van der Waals surface area contributed by atoms with E-state index in [1.807, 2.05) is 27.7 Å². The fourth-order valence-corrected chi connectivity index (χ4v) is 3.02. The Balaban J connectivity index is 0. The second-order valence-corrected chi connectivity index (χ2v) is 6.89. The summed E-state index contributed by atoms with van der Waals surface area (Å²) in [6.07, 6.45) is 18.3. The number of allylic oxidation sites excluding steroid dienone is 10. The molecule has 0 aromatic rings. The van der Waals surface area contributed by atoms with Crippen molar-refractivity contribution in [3.63, 3.8) is 0 Å². The van der Waals surface area contributed by atoms with Gasteiger partial charge in [-0.1, -0.05) is 102 Å². The van der Waals surface area contributed by atoms with Crippen LogP contribution in [-0.4, -0.2) is 0 Å². The third-order valence-corrected chi connectivity index (χ3v) is 4.30. The predicted molar refractivity (Wildman–Crippen MR) is 119 cm³/mol. The highest BCUT2D eigenvalue weighted by Crippen LogP contribution is 2.40. The van der Waals surface area contributed by atoms with E-state index in [0.29, 0.717) is 5.41 Å². The fraction of sp³-hybridized carbons (Fsp3) is 0.600. The normalized spacial score (nSPS) is 18.0. The highest BCUT2D eigenvalue weighted by atomic mass is 14.3. The van der Waals surface area contributed by atoms with E-state index in [1.165, 1.54) is 36.0 Å².